The van der Waals surface area contributed by atoms with Crippen LogP contribution in [0.5, 0.6) is 0 Å². The minimum atomic E-state index is -4.40. The first-order valence-electron chi connectivity index (χ1n) is 13.9. The Kier molecular flexibility index (Phi) is 10.4. The average molecular weight is 635 g/mol. The first-order chi connectivity index (χ1) is 20.7. The number of aromatic nitrogens is 3. The van der Waals surface area contributed by atoms with Gasteiger partial charge in [-0.3, -0.25) is 19.6 Å². The largest absolute Gasteiger partial charge is 0.416 e. The SMILES string of the molecule is COCc1nc(N(C[C@H](Cc2ccc(C(F)(F)F)cc2)NCCN2CCOCC2)C(C)=O)sc1-c1nc2ccncc2s1. The van der Waals surface area contributed by atoms with Crippen molar-refractivity contribution in [1.82, 2.24) is 25.2 Å². The molecule has 1 N–H and O–H groups in total. The lowest BCUT2D eigenvalue weighted by Crippen LogP contribution is -2.47. The number of benzene rings is 1. The standard InChI is InChI=1S/C29H33F3N6O3S2/c1-19(39)38(28-36-24(18-40-2)26(43-28)27-35-23-7-8-33-16-25(23)42-27)17-22(34-9-10-37-11-13-41-14-12-37)15-20-3-5-21(6-4-20)29(30,31)32/h3-8,16,22,34H,9-15,17-18H2,1-2H3/t22-/m0/s1. The van der Waals surface area contributed by atoms with Crippen LogP contribution in [0.2, 0.25) is 0 Å². The fraction of sp³-hybridized carbons (Fsp3) is 0.448. The summed E-state index contributed by atoms with van der Waals surface area (Å²) in [5.74, 6) is -0.190. The Bertz CT molecular complexity index is 1470. The van der Waals surface area contributed by atoms with E-state index in [0.717, 1.165) is 57.4 Å². The Morgan fingerprint density at radius 2 is 1.93 bits per heavy atom. The van der Waals surface area contributed by atoms with Gasteiger partial charge < -0.3 is 14.8 Å². The Balaban J connectivity index is 1.39. The van der Waals surface area contributed by atoms with E-state index in [9.17, 15) is 18.0 Å². The first-order valence-corrected chi connectivity index (χ1v) is 15.5. The molecule has 3 aromatic heterocycles. The van der Waals surface area contributed by atoms with Gasteiger partial charge in [0, 0.05) is 65.2 Å². The molecule has 1 atom stereocenters. The number of nitrogens with zero attached hydrogens (tertiary/aromatic N) is 5. The second-order valence-corrected chi connectivity index (χ2v) is 12.2. The van der Waals surface area contributed by atoms with Crippen LogP contribution < -0.4 is 10.2 Å². The first kappa shape index (κ1) is 31.4. The van der Waals surface area contributed by atoms with Gasteiger partial charge in [0.1, 0.15) is 5.01 Å². The van der Waals surface area contributed by atoms with Gasteiger partial charge in [-0.2, -0.15) is 13.2 Å². The highest BCUT2D eigenvalue weighted by molar-refractivity contribution is 7.26. The number of rotatable bonds is 12. The van der Waals surface area contributed by atoms with Crippen LogP contribution in [0.15, 0.2) is 42.7 Å². The van der Waals surface area contributed by atoms with Crippen molar-refractivity contribution < 1.29 is 27.4 Å². The summed E-state index contributed by atoms with van der Waals surface area (Å²) in [6.45, 7) is 6.52. The molecule has 0 bridgehead atoms. The normalized spacial score (nSPS) is 15.2. The van der Waals surface area contributed by atoms with Crippen LogP contribution in [0.1, 0.15) is 23.7 Å². The number of fused-ring (bicyclic) bond motifs is 1. The van der Waals surface area contributed by atoms with Crippen LogP contribution >= 0.6 is 22.7 Å². The summed E-state index contributed by atoms with van der Waals surface area (Å²) >= 11 is 2.87. The van der Waals surface area contributed by atoms with Crippen molar-refractivity contribution in [3.8, 4) is 9.88 Å². The molecule has 1 aliphatic heterocycles. The van der Waals surface area contributed by atoms with Gasteiger partial charge in [0.15, 0.2) is 5.13 Å². The van der Waals surface area contributed by atoms with Crippen LogP contribution in [-0.4, -0.2) is 84.8 Å². The van der Waals surface area contributed by atoms with Crippen molar-refractivity contribution in [3.63, 3.8) is 0 Å². The molecule has 4 aromatic rings. The Labute approximate surface area is 255 Å². The van der Waals surface area contributed by atoms with E-state index in [-0.39, 0.29) is 25.1 Å². The third kappa shape index (κ3) is 8.13. The predicted molar refractivity (Wildman–Crippen MR) is 161 cm³/mol. The zero-order valence-electron chi connectivity index (χ0n) is 23.9. The van der Waals surface area contributed by atoms with E-state index >= 15 is 0 Å². The van der Waals surface area contributed by atoms with E-state index in [1.54, 1.807) is 24.4 Å². The molecule has 43 heavy (non-hydrogen) atoms. The number of pyridine rings is 1. The summed E-state index contributed by atoms with van der Waals surface area (Å²) in [5.41, 5.74) is 1.56. The van der Waals surface area contributed by atoms with Gasteiger partial charge in [-0.25, -0.2) is 9.97 Å². The monoisotopic (exact) mass is 634 g/mol. The van der Waals surface area contributed by atoms with Crippen molar-refractivity contribution in [2.75, 3.05) is 57.9 Å². The zero-order chi connectivity index (χ0) is 30.4. The van der Waals surface area contributed by atoms with Gasteiger partial charge in [-0.1, -0.05) is 23.5 Å². The lowest BCUT2D eigenvalue weighted by Gasteiger charge is -2.29. The highest BCUT2D eigenvalue weighted by atomic mass is 32.1. The molecule has 1 saturated heterocycles. The zero-order valence-corrected chi connectivity index (χ0v) is 25.5. The minimum Gasteiger partial charge on any atom is -0.379 e. The van der Waals surface area contributed by atoms with Gasteiger partial charge in [-0.15, -0.1) is 11.3 Å². The number of anilines is 1. The molecule has 1 aliphatic rings. The van der Waals surface area contributed by atoms with Crippen molar-refractivity contribution in [3.05, 3.63) is 59.5 Å². The number of halogens is 3. The molecule has 5 rings (SSSR count). The average Bonchev–Trinajstić information content (AvgIpc) is 3.60. The van der Waals surface area contributed by atoms with Gasteiger partial charge >= 0.3 is 6.18 Å². The van der Waals surface area contributed by atoms with Gasteiger partial charge in [0.25, 0.3) is 0 Å². The van der Waals surface area contributed by atoms with Crippen LogP contribution in [0, 0.1) is 0 Å². The summed E-state index contributed by atoms with van der Waals surface area (Å²) in [6.07, 6.45) is -0.508. The Morgan fingerprint density at radius 1 is 1.16 bits per heavy atom. The smallest absolute Gasteiger partial charge is 0.379 e. The summed E-state index contributed by atoms with van der Waals surface area (Å²) in [6, 6.07) is 6.80. The van der Waals surface area contributed by atoms with Crippen LogP contribution in [0.3, 0.4) is 0 Å². The maximum Gasteiger partial charge on any atom is 0.416 e. The van der Waals surface area contributed by atoms with Crippen LogP contribution in [-0.2, 0) is 33.5 Å². The number of ether oxygens (including phenoxy) is 2. The second-order valence-electron chi connectivity index (χ2n) is 10.2. The van der Waals surface area contributed by atoms with Gasteiger partial charge in [0.2, 0.25) is 5.91 Å². The number of hydrogen-bond acceptors (Lipinski definition) is 10. The number of amides is 1. The molecule has 9 nitrogen and oxygen atoms in total. The van der Waals surface area contributed by atoms with Crippen molar-refractivity contribution >= 4 is 43.9 Å². The molecule has 4 heterocycles. The molecule has 0 unspecified atom stereocenters. The Hall–Kier alpha value is -3.01. The summed E-state index contributed by atoms with van der Waals surface area (Å²) in [7, 11) is 1.59. The molecule has 0 aliphatic carbocycles. The van der Waals surface area contributed by atoms with E-state index in [4.69, 9.17) is 19.4 Å². The number of methoxy groups -OCH3 is 1. The summed E-state index contributed by atoms with van der Waals surface area (Å²) < 4.78 is 51.3. The maximum atomic E-state index is 13.2. The third-order valence-electron chi connectivity index (χ3n) is 7.09. The minimum absolute atomic E-state index is 0.190. The van der Waals surface area contributed by atoms with Crippen molar-refractivity contribution in [2.24, 2.45) is 0 Å². The Morgan fingerprint density at radius 3 is 2.60 bits per heavy atom. The molecule has 1 fully saturated rings. The maximum absolute atomic E-state index is 13.2. The van der Waals surface area contributed by atoms with E-state index in [1.807, 2.05) is 6.07 Å². The molecular formula is C29H33F3N6O3S2. The fourth-order valence-corrected chi connectivity index (χ4v) is 7.01. The molecule has 14 heteroatoms. The van der Waals surface area contributed by atoms with E-state index in [1.165, 1.54) is 41.7 Å². The third-order valence-corrected chi connectivity index (χ3v) is 9.37. The number of hydrogen-bond donors (Lipinski definition) is 1. The number of carbonyl (C=O) groups excluding carboxylic acids is 1. The van der Waals surface area contributed by atoms with Crippen molar-refractivity contribution in [2.45, 2.75) is 32.2 Å². The van der Waals surface area contributed by atoms with Crippen LogP contribution in [0.25, 0.3) is 20.1 Å². The topological polar surface area (TPSA) is 92.7 Å². The number of nitrogens with one attached hydrogen (secondary N) is 1. The molecule has 1 amide bonds. The lowest BCUT2D eigenvalue weighted by molar-refractivity contribution is -0.137. The fourth-order valence-electron chi connectivity index (χ4n) is 4.86. The van der Waals surface area contributed by atoms with Gasteiger partial charge in [0.05, 0.1) is 46.2 Å². The predicted octanol–water partition coefficient (Wildman–Crippen LogP) is 4.87. The number of morpholine rings is 1. The quantitative estimate of drug-likeness (QED) is 0.236. The molecule has 0 saturated carbocycles. The molecule has 1 aromatic carbocycles. The molecular weight excluding hydrogens is 601 g/mol. The van der Waals surface area contributed by atoms with Crippen LogP contribution in [0.4, 0.5) is 18.3 Å². The molecule has 0 radical (unpaired) electrons. The van der Waals surface area contributed by atoms with E-state index in [2.05, 4.69) is 15.2 Å². The highest BCUT2D eigenvalue weighted by Crippen LogP contribution is 2.39. The highest BCUT2D eigenvalue weighted by Gasteiger charge is 2.30. The number of thiazole rings is 2. The van der Waals surface area contributed by atoms with Crippen molar-refractivity contribution in [1.29, 1.82) is 0 Å². The molecule has 0 spiro atoms. The number of alkyl halides is 3. The molecule has 230 valence electrons. The van der Waals surface area contributed by atoms with E-state index in [0.29, 0.717) is 37.0 Å². The number of carbonyl (C=O) groups is 1. The second kappa shape index (κ2) is 14.2. The summed E-state index contributed by atoms with van der Waals surface area (Å²) in [5, 5.41) is 4.83. The van der Waals surface area contributed by atoms with Gasteiger partial charge in [-0.05, 0) is 30.2 Å². The summed E-state index contributed by atoms with van der Waals surface area (Å²) in [4.78, 5) is 31.5. The lowest BCUT2D eigenvalue weighted by atomic mass is 10.0. The van der Waals surface area contributed by atoms with E-state index < -0.39 is 11.7 Å².